The van der Waals surface area contributed by atoms with E-state index in [1.54, 1.807) is 6.08 Å². The topological polar surface area (TPSA) is 105 Å². The zero-order chi connectivity index (χ0) is 63.4. The Hall–Kier alpha value is -1.28. The molecule has 0 fully saturated rings. The highest BCUT2D eigenvalue weighted by Gasteiger charge is 2.28. The third-order valence-corrected chi connectivity index (χ3v) is 19.1. The summed E-state index contributed by atoms with van der Waals surface area (Å²) in [5.41, 5.74) is 0. The van der Waals surface area contributed by atoms with E-state index >= 15 is 0 Å². The number of hydrogen-bond acceptors (Lipinski definition) is 5. The summed E-state index contributed by atoms with van der Waals surface area (Å²) in [4.78, 5) is 23.5. The highest BCUT2D eigenvalue weighted by molar-refractivity contribution is 7.47. The van der Waals surface area contributed by atoms with Crippen LogP contribution in [0.5, 0.6) is 0 Å². The van der Waals surface area contributed by atoms with Crippen molar-refractivity contribution in [1.82, 2.24) is 5.32 Å². The average molecular weight is 1250 g/mol. The van der Waals surface area contributed by atoms with E-state index in [2.05, 4.69) is 43.5 Å². The largest absolute Gasteiger partial charge is 0.472 e. The first-order valence-electron chi connectivity index (χ1n) is 38.9. The molecule has 8 nitrogen and oxygen atoms in total. The van der Waals surface area contributed by atoms with E-state index in [-0.39, 0.29) is 19.1 Å². The number of nitrogens with one attached hydrogen (secondary N) is 1. The number of aliphatic hydroxyl groups excluding tert-OH is 1. The lowest BCUT2D eigenvalue weighted by atomic mass is 10.0. The number of amides is 1. The number of carbonyl (C=O) groups excluding carboxylic acids is 1. The summed E-state index contributed by atoms with van der Waals surface area (Å²) < 4.78 is 23.9. The lowest BCUT2D eigenvalue weighted by Crippen LogP contribution is -2.45. The summed E-state index contributed by atoms with van der Waals surface area (Å²) in [5, 5.41) is 14.0. The van der Waals surface area contributed by atoms with E-state index in [1.165, 1.54) is 347 Å². The predicted octanol–water partition coefficient (Wildman–Crippen LogP) is 25.2. The van der Waals surface area contributed by atoms with Crippen LogP contribution in [0.25, 0.3) is 0 Å². The Morgan fingerprint density at radius 1 is 0.379 bits per heavy atom. The van der Waals surface area contributed by atoms with Gasteiger partial charge in [-0.1, -0.05) is 378 Å². The quantitative estimate of drug-likeness (QED) is 0.0243. The number of phosphoric acid groups is 1. The highest BCUT2D eigenvalue weighted by atomic mass is 31.2. The van der Waals surface area contributed by atoms with Gasteiger partial charge in [0.15, 0.2) is 0 Å². The molecule has 0 aliphatic heterocycles. The van der Waals surface area contributed by atoms with Gasteiger partial charge in [0.1, 0.15) is 13.2 Å². The van der Waals surface area contributed by atoms with Crippen molar-refractivity contribution in [2.75, 3.05) is 40.9 Å². The molecule has 9 heteroatoms. The third kappa shape index (κ3) is 72.0. The molecular formula is C78H154N2O6P+. The summed E-state index contributed by atoms with van der Waals surface area (Å²) in [7, 11) is 1.57. The number of unbranched alkanes of at least 4 members (excludes halogenated alkanes) is 56. The molecule has 87 heavy (non-hydrogen) atoms. The maximum absolute atomic E-state index is 13.1. The minimum Gasteiger partial charge on any atom is -0.387 e. The van der Waals surface area contributed by atoms with Gasteiger partial charge in [-0.2, -0.15) is 0 Å². The van der Waals surface area contributed by atoms with Crippen LogP contribution in [0.1, 0.15) is 406 Å². The van der Waals surface area contributed by atoms with Gasteiger partial charge < -0.3 is 19.8 Å². The van der Waals surface area contributed by atoms with E-state index in [0.717, 1.165) is 38.5 Å². The lowest BCUT2D eigenvalue weighted by Gasteiger charge is -2.25. The monoisotopic (exact) mass is 1250 g/mol. The van der Waals surface area contributed by atoms with Crippen LogP contribution in [-0.2, 0) is 18.4 Å². The molecular weight excluding hydrogens is 1090 g/mol. The molecule has 0 bridgehead atoms. The smallest absolute Gasteiger partial charge is 0.387 e. The van der Waals surface area contributed by atoms with Crippen molar-refractivity contribution < 1.29 is 32.9 Å². The van der Waals surface area contributed by atoms with Crippen molar-refractivity contribution in [1.29, 1.82) is 0 Å². The van der Waals surface area contributed by atoms with E-state index < -0.39 is 20.0 Å². The molecule has 0 heterocycles. The van der Waals surface area contributed by atoms with Crippen LogP contribution >= 0.6 is 7.82 Å². The van der Waals surface area contributed by atoms with Crippen molar-refractivity contribution in [3.8, 4) is 0 Å². The predicted molar refractivity (Wildman–Crippen MR) is 383 cm³/mol. The second-order valence-electron chi connectivity index (χ2n) is 28.1. The first-order chi connectivity index (χ1) is 42.5. The van der Waals surface area contributed by atoms with Gasteiger partial charge in [0.05, 0.1) is 39.9 Å². The minimum absolute atomic E-state index is 0.0583. The Balaban J connectivity index is 4.00. The molecule has 0 rings (SSSR count). The summed E-state index contributed by atoms with van der Waals surface area (Å²) in [6, 6.07) is -0.864. The second kappa shape index (κ2) is 69.1. The first-order valence-corrected chi connectivity index (χ1v) is 40.4. The molecule has 0 aromatic carbocycles. The fourth-order valence-electron chi connectivity index (χ4n) is 12.1. The molecule has 0 aliphatic rings. The number of likely N-dealkylation sites (N-methyl/N-ethyl adjacent to an activating group) is 1. The number of nitrogens with zero attached hydrogens (tertiary/aromatic N) is 1. The maximum atomic E-state index is 13.1. The van der Waals surface area contributed by atoms with Crippen LogP contribution in [0.15, 0.2) is 36.5 Å². The number of aliphatic hydroxyl groups is 1. The van der Waals surface area contributed by atoms with E-state index in [9.17, 15) is 19.4 Å². The van der Waals surface area contributed by atoms with Crippen LogP contribution in [0.4, 0.5) is 0 Å². The fraction of sp³-hybridized carbons (Fsp3) is 0.910. The molecule has 3 unspecified atom stereocenters. The molecule has 0 aromatic heterocycles. The van der Waals surface area contributed by atoms with Crippen LogP contribution in [0.3, 0.4) is 0 Å². The van der Waals surface area contributed by atoms with E-state index in [4.69, 9.17) is 9.05 Å². The van der Waals surface area contributed by atoms with Crippen LogP contribution in [0.2, 0.25) is 0 Å². The Kier molecular flexibility index (Phi) is 68.1. The summed E-state index contributed by atoms with van der Waals surface area (Å²) >= 11 is 0. The van der Waals surface area contributed by atoms with Gasteiger partial charge >= 0.3 is 7.82 Å². The Labute approximate surface area is 544 Å². The number of hydrogen-bond donors (Lipinski definition) is 3. The number of rotatable bonds is 73. The summed E-state index contributed by atoms with van der Waals surface area (Å²) in [5.74, 6) is -0.178. The van der Waals surface area contributed by atoms with Gasteiger partial charge in [0.2, 0.25) is 5.91 Å². The molecule has 0 saturated carbocycles. The van der Waals surface area contributed by atoms with Crippen LogP contribution in [0, 0.1) is 0 Å². The summed E-state index contributed by atoms with van der Waals surface area (Å²) in [6.45, 7) is 4.86. The molecule has 0 aliphatic carbocycles. The minimum atomic E-state index is -4.36. The van der Waals surface area contributed by atoms with E-state index in [0.29, 0.717) is 17.4 Å². The second-order valence-corrected chi connectivity index (χ2v) is 29.5. The van der Waals surface area contributed by atoms with Gasteiger partial charge in [-0.05, 0) is 57.8 Å². The van der Waals surface area contributed by atoms with E-state index in [1.807, 2.05) is 27.2 Å². The normalized spacial score (nSPS) is 13.7. The molecule has 1 amide bonds. The molecule has 0 aromatic rings. The molecule has 516 valence electrons. The number of allylic oxidation sites excluding steroid dienone is 5. The molecule has 3 N–H and O–H groups in total. The van der Waals surface area contributed by atoms with Gasteiger partial charge in [0.25, 0.3) is 0 Å². The molecule has 0 radical (unpaired) electrons. The Morgan fingerprint density at radius 3 is 0.920 bits per heavy atom. The first kappa shape index (κ1) is 85.7. The number of carbonyl (C=O) groups is 1. The standard InChI is InChI=1S/C78H153N2O6P/c1-6-8-10-12-14-16-18-20-22-24-26-28-30-32-34-36-38-40-42-44-46-48-50-52-54-56-58-60-62-64-66-68-70-72-78(82)79-76(75-86-87(83,84)85-74-73-80(3,4)5)77(81)71-69-67-65-63-61-59-57-55-53-51-49-47-45-43-41-39-37-35-33-31-29-27-25-23-21-19-17-15-13-11-9-7-2/h24,26,61,63,69,71,76-77,81H,6-23,25,27-60,62,64-68,70,72-75H2,1-5H3,(H-,79,82,83,84)/p+1/b26-24-,63-61+,71-69+. The van der Waals surface area contributed by atoms with Crippen LogP contribution < -0.4 is 5.32 Å². The van der Waals surface area contributed by atoms with Crippen LogP contribution in [-0.4, -0.2) is 73.4 Å². The Bertz CT molecular complexity index is 1510. The Morgan fingerprint density at radius 2 is 0.632 bits per heavy atom. The SMILES string of the molecule is CCCCCCCCCC/C=C\CCCCCCCCCCCCCCCCCCCCCCCC(=O)NC(COP(=O)(O)OCC[N+](C)(C)C)C(O)/C=C/CC/C=C/CCCCCCCCCCCCCCCCCCCCCCCCCCCC. The lowest BCUT2D eigenvalue weighted by molar-refractivity contribution is -0.870. The zero-order valence-electron chi connectivity index (χ0n) is 59.3. The zero-order valence-corrected chi connectivity index (χ0v) is 60.2. The molecule has 0 spiro atoms. The van der Waals surface area contributed by atoms with Crippen molar-refractivity contribution >= 4 is 13.7 Å². The fourth-order valence-corrected chi connectivity index (χ4v) is 12.8. The van der Waals surface area contributed by atoms with Crippen molar-refractivity contribution in [3.05, 3.63) is 36.5 Å². The van der Waals surface area contributed by atoms with Gasteiger partial charge in [-0.25, -0.2) is 4.57 Å². The van der Waals surface area contributed by atoms with Gasteiger partial charge in [0, 0.05) is 6.42 Å². The third-order valence-electron chi connectivity index (χ3n) is 18.1. The van der Waals surface area contributed by atoms with Gasteiger partial charge in [-0.15, -0.1) is 0 Å². The number of quaternary nitrogens is 1. The number of phosphoric ester groups is 1. The summed E-state index contributed by atoms with van der Waals surface area (Å²) in [6.07, 6.45) is 93.4. The van der Waals surface area contributed by atoms with Crippen molar-refractivity contribution in [2.45, 2.75) is 418 Å². The van der Waals surface area contributed by atoms with Crippen molar-refractivity contribution in [2.24, 2.45) is 0 Å². The highest BCUT2D eigenvalue weighted by Crippen LogP contribution is 2.43. The van der Waals surface area contributed by atoms with Crippen molar-refractivity contribution in [3.63, 3.8) is 0 Å². The molecule has 3 atom stereocenters. The maximum Gasteiger partial charge on any atom is 0.472 e. The van der Waals surface area contributed by atoms with Gasteiger partial charge in [-0.3, -0.25) is 13.8 Å². The average Bonchev–Trinajstić information content (AvgIpc) is 3.71. The molecule has 0 saturated heterocycles.